The number of aromatic nitrogens is 1. The molecule has 2 heterocycles. The van der Waals surface area contributed by atoms with Gasteiger partial charge >= 0.3 is 5.97 Å². The first-order valence-corrected chi connectivity index (χ1v) is 9.11. The SMILES string of the molecule is CCOC(=O)c1nc(-c2cccs2)oc1NC(=O)c1cccc(COC)c1. The average molecular weight is 386 g/mol. The second-order valence-corrected chi connectivity index (χ2v) is 6.43. The molecule has 0 aliphatic heterocycles. The molecular formula is C19H18N2O5S. The lowest BCUT2D eigenvalue weighted by atomic mass is 10.1. The lowest BCUT2D eigenvalue weighted by Crippen LogP contribution is -2.15. The van der Waals surface area contributed by atoms with Gasteiger partial charge in [0, 0.05) is 12.7 Å². The quantitative estimate of drug-likeness (QED) is 0.618. The number of carbonyl (C=O) groups is 2. The van der Waals surface area contributed by atoms with Gasteiger partial charge in [-0.2, -0.15) is 4.98 Å². The molecule has 27 heavy (non-hydrogen) atoms. The van der Waals surface area contributed by atoms with Crippen molar-refractivity contribution in [3.63, 3.8) is 0 Å². The molecule has 0 saturated carbocycles. The molecule has 0 atom stereocenters. The van der Waals surface area contributed by atoms with Crippen LogP contribution >= 0.6 is 11.3 Å². The number of thiophene rings is 1. The summed E-state index contributed by atoms with van der Waals surface area (Å²) in [6.45, 7) is 2.27. The molecule has 8 heteroatoms. The third kappa shape index (κ3) is 4.42. The van der Waals surface area contributed by atoms with E-state index in [1.807, 2.05) is 23.6 Å². The second kappa shape index (κ2) is 8.61. The highest BCUT2D eigenvalue weighted by Crippen LogP contribution is 2.29. The van der Waals surface area contributed by atoms with Gasteiger partial charge < -0.3 is 13.9 Å². The summed E-state index contributed by atoms with van der Waals surface area (Å²) in [5.74, 6) is -0.879. The number of esters is 1. The summed E-state index contributed by atoms with van der Waals surface area (Å²) < 4.78 is 15.7. The fourth-order valence-corrected chi connectivity index (χ4v) is 3.04. The first-order chi connectivity index (χ1) is 13.1. The minimum atomic E-state index is -0.660. The largest absolute Gasteiger partial charge is 0.461 e. The standard InChI is InChI=1S/C19H18N2O5S/c1-3-25-19(23)15-18(26-17(20-15)14-8-5-9-27-14)21-16(22)13-7-4-6-12(10-13)11-24-2/h4-10H,3,11H2,1-2H3,(H,21,22). The average Bonchev–Trinajstić information content (AvgIpc) is 3.32. The molecule has 0 spiro atoms. The molecule has 1 N–H and O–H groups in total. The Morgan fingerprint density at radius 3 is 2.81 bits per heavy atom. The molecule has 3 rings (SSSR count). The number of amides is 1. The molecular weight excluding hydrogens is 368 g/mol. The number of hydrogen-bond acceptors (Lipinski definition) is 7. The molecule has 0 aliphatic rings. The number of oxazole rings is 1. The van der Waals surface area contributed by atoms with E-state index in [2.05, 4.69) is 10.3 Å². The first-order valence-electron chi connectivity index (χ1n) is 8.23. The van der Waals surface area contributed by atoms with Gasteiger partial charge in [-0.15, -0.1) is 11.3 Å². The molecule has 0 bridgehead atoms. The smallest absolute Gasteiger partial charge is 0.362 e. The molecule has 140 valence electrons. The first kappa shape index (κ1) is 18.8. The number of nitrogens with zero attached hydrogens (tertiary/aromatic N) is 1. The Labute approximate surface area is 159 Å². The second-order valence-electron chi connectivity index (χ2n) is 5.48. The van der Waals surface area contributed by atoms with Crippen LogP contribution < -0.4 is 5.32 Å². The van der Waals surface area contributed by atoms with Crippen molar-refractivity contribution >= 4 is 29.1 Å². The van der Waals surface area contributed by atoms with E-state index in [1.165, 1.54) is 11.3 Å². The minimum Gasteiger partial charge on any atom is -0.461 e. The molecule has 3 aromatic rings. The number of rotatable bonds is 7. The van der Waals surface area contributed by atoms with Crippen molar-refractivity contribution in [2.45, 2.75) is 13.5 Å². The van der Waals surface area contributed by atoms with Crippen LogP contribution in [0, 0.1) is 0 Å². The van der Waals surface area contributed by atoms with Crippen LogP contribution in [0.15, 0.2) is 46.2 Å². The molecule has 7 nitrogen and oxygen atoms in total. The Kier molecular flexibility index (Phi) is 6.00. The zero-order valence-electron chi connectivity index (χ0n) is 14.9. The summed E-state index contributed by atoms with van der Waals surface area (Å²) >= 11 is 1.41. The number of carbonyl (C=O) groups excluding carboxylic acids is 2. The lowest BCUT2D eigenvalue weighted by molar-refractivity contribution is 0.0521. The van der Waals surface area contributed by atoms with Crippen LogP contribution in [0.5, 0.6) is 0 Å². The maximum atomic E-state index is 12.6. The summed E-state index contributed by atoms with van der Waals surface area (Å²) in [4.78, 5) is 29.7. The van der Waals surface area contributed by atoms with Crippen LogP contribution in [0.3, 0.4) is 0 Å². The van der Waals surface area contributed by atoms with Gasteiger partial charge in [0.05, 0.1) is 18.1 Å². The van der Waals surface area contributed by atoms with Crippen LogP contribution in [-0.2, 0) is 16.1 Å². The van der Waals surface area contributed by atoms with Gasteiger partial charge in [0.25, 0.3) is 5.91 Å². The van der Waals surface area contributed by atoms with E-state index in [0.29, 0.717) is 12.2 Å². The van der Waals surface area contributed by atoms with Crippen LogP contribution in [0.25, 0.3) is 10.8 Å². The Balaban J connectivity index is 1.89. The highest BCUT2D eigenvalue weighted by Gasteiger charge is 2.24. The van der Waals surface area contributed by atoms with Crippen LogP contribution in [0.2, 0.25) is 0 Å². The van der Waals surface area contributed by atoms with Gasteiger partial charge in [-0.1, -0.05) is 18.2 Å². The van der Waals surface area contributed by atoms with Gasteiger partial charge in [-0.25, -0.2) is 4.79 Å². The highest BCUT2D eigenvalue weighted by molar-refractivity contribution is 7.13. The predicted molar refractivity (Wildman–Crippen MR) is 101 cm³/mol. The fourth-order valence-electron chi connectivity index (χ4n) is 2.39. The van der Waals surface area contributed by atoms with Gasteiger partial charge in [0.15, 0.2) is 0 Å². The minimum absolute atomic E-state index is 0.0426. The molecule has 0 radical (unpaired) electrons. The number of anilines is 1. The van der Waals surface area contributed by atoms with Crippen molar-refractivity contribution < 1.29 is 23.5 Å². The molecule has 0 fully saturated rings. The monoisotopic (exact) mass is 386 g/mol. The normalized spacial score (nSPS) is 10.6. The summed E-state index contributed by atoms with van der Waals surface area (Å²) in [6.07, 6.45) is 0. The molecule has 1 amide bonds. The number of ether oxygens (including phenoxy) is 2. The number of nitrogens with one attached hydrogen (secondary N) is 1. The number of methoxy groups -OCH3 is 1. The van der Waals surface area contributed by atoms with Crippen molar-refractivity contribution in [1.82, 2.24) is 4.98 Å². The van der Waals surface area contributed by atoms with Gasteiger partial charge in [0.1, 0.15) is 0 Å². The highest BCUT2D eigenvalue weighted by atomic mass is 32.1. The molecule has 0 aliphatic carbocycles. The molecule has 2 aromatic heterocycles. The summed E-state index contributed by atoms with van der Waals surface area (Å²) in [7, 11) is 1.58. The third-order valence-corrected chi connectivity index (χ3v) is 4.41. The lowest BCUT2D eigenvalue weighted by Gasteiger charge is -2.06. The number of benzene rings is 1. The fraction of sp³-hybridized carbons (Fsp3) is 0.211. The maximum absolute atomic E-state index is 12.6. The summed E-state index contributed by atoms with van der Waals surface area (Å²) in [6, 6.07) is 10.6. The number of hydrogen-bond donors (Lipinski definition) is 1. The van der Waals surface area contributed by atoms with Crippen LogP contribution in [0.4, 0.5) is 5.88 Å². The Bertz CT molecular complexity index is 933. The summed E-state index contributed by atoms with van der Waals surface area (Å²) in [5, 5.41) is 4.48. The van der Waals surface area contributed by atoms with Gasteiger partial charge in [0.2, 0.25) is 17.5 Å². The van der Waals surface area contributed by atoms with Crippen LogP contribution in [0.1, 0.15) is 33.3 Å². The van der Waals surface area contributed by atoms with E-state index in [0.717, 1.165) is 10.4 Å². The zero-order valence-corrected chi connectivity index (χ0v) is 15.7. The molecule has 0 saturated heterocycles. The Hall–Kier alpha value is -2.97. The van der Waals surface area contributed by atoms with Crippen molar-refractivity contribution in [2.75, 3.05) is 19.0 Å². The molecule has 1 aromatic carbocycles. The van der Waals surface area contributed by atoms with Crippen molar-refractivity contribution in [2.24, 2.45) is 0 Å². The van der Waals surface area contributed by atoms with E-state index in [9.17, 15) is 9.59 Å². The van der Waals surface area contributed by atoms with E-state index in [1.54, 1.807) is 32.2 Å². The van der Waals surface area contributed by atoms with Gasteiger partial charge in [-0.3, -0.25) is 10.1 Å². The maximum Gasteiger partial charge on any atom is 0.362 e. The van der Waals surface area contributed by atoms with Crippen molar-refractivity contribution in [3.05, 3.63) is 58.6 Å². The summed E-state index contributed by atoms with van der Waals surface area (Å²) in [5.41, 5.74) is 1.20. The van der Waals surface area contributed by atoms with E-state index >= 15 is 0 Å². The third-order valence-electron chi connectivity index (χ3n) is 3.56. The Morgan fingerprint density at radius 2 is 2.11 bits per heavy atom. The van der Waals surface area contributed by atoms with Crippen molar-refractivity contribution in [1.29, 1.82) is 0 Å². The zero-order chi connectivity index (χ0) is 19.2. The van der Waals surface area contributed by atoms with Crippen molar-refractivity contribution in [3.8, 4) is 10.8 Å². The van der Waals surface area contributed by atoms with Gasteiger partial charge in [-0.05, 0) is 36.1 Å². The van der Waals surface area contributed by atoms with Crippen LogP contribution in [-0.4, -0.2) is 30.6 Å². The van der Waals surface area contributed by atoms with E-state index in [4.69, 9.17) is 13.9 Å². The predicted octanol–water partition coefficient (Wildman–Crippen LogP) is 3.98. The van der Waals surface area contributed by atoms with E-state index < -0.39 is 11.9 Å². The topological polar surface area (TPSA) is 90.7 Å². The molecule has 0 unspecified atom stereocenters. The Morgan fingerprint density at radius 1 is 1.26 bits per heavy atom. The van der Waals surface area contributed by atoms with E-state index in [-0.39, 0.29) is 24.1 Å².